The number of benzene rings is 1. The SMILES string of the molecule is CNCc1cc(OC)ccc1OCCCC(=O)NC. The molecule has 1 aromatic carbocycles. The summed E-state index contributed by atoms with van der Waals surface area (Å²) >= 11 is 0. The summed E-state index contributed by atoms with van der Waals surface area (Å²) in [5.74, 6) is 1.67. The average molecular weight is 266 g/mol. The number of carbonyl (C=O) groups excluding carboxylic acids is 1. The van der Waals surface area contributed by atoms with Crippen molar-refractivity contribution in [2.45, 2.75) is 19.4 Å². The lowest BCUT2D eigenvalue weighted by atomic mass is 10.2. The number of hydrogen-bond donors (Lipinski definition) is 2. The molecule has 1 rings (SSSR count). The van der Waals surface area contributed by atoms with Crippen molar-refractivity contribution < 1.29 is 14.3 Å². The summed E-state index contributed by atoms with van der Waals surface area (Å²) in [6, 6.07) is 5.71. The Labute approximate surface area is 114 Å². The highest BCUT2D eigenvalue weighted by atomic mass is 16.5. The van der Waals surface area contributed by atoms with Crippen LogP contribution >= 0.6 is 0 Å². The molecule has 0 unspecified atom stereocenters. The van der Waals surface area contributed by atoms with Crippen LogP contribution < -0.4 is 20.1 Å². The third-order valence-electron chi connectivity index (χ3n) is 2.72. The van der Waals surface area contributed by atoms with Gasteiger partial charge in [-0.15, -0.1) is 0 Å². The summed E-state index contributed by atoms with van der Waals surface area (Å²) < 4.78 is 10.9. The van der Waals surface area contributed by atoms with Gasteiger partial charge in [0.05, 0.1) is 13.7 Å². The van der Waals surface area contributed by atoms with E-state index in [0.29, 0.717) is 26.0 Å². The van der Waals surface area contributed by atoms with Crippen molar-refractivity contribution in [1.29, 1.82) is 0 Å². The Morgan fingerprint density at radius 2 is 2.11 bits per heavy atom. The maximum absolute atomic E-state index is 11.1. The van der Waals surface area contributed by atoms with E-state index in [-0.39, 0.29) is 5.91 Å². The van der Waals surface area contributed by atoms with Crippen molar-refractivity contribution in [1.82, 2.24) is 10.6 Å². The van der Waals surface area contributed by atoms with E-state index in [9.17, 15) is 4.79 Å². The molecule has 0 saturated carbocycles. The predicted molar refractivity (Wildman–Crippen MR) is 74.6 cm³/mol. The first-order chi connectivity index (χ1) is 9.21. The number of nitrogens with one attached hydrogen (secondary N) is 2. The predicted octanol–water partition coefficient (Wildman–Crippen LogP) is 1.32. The van der Waals surface area contributed by atoms with Gasteiger partial charge in [-0.1, -0.05) is 0 Å². The number of methoxy groups -OCH3 is 1. The molecule has 19 heavy (non-hydrogen) atoms. The second-order valence-electron chi connectivity index (χ2n) is 4.13. The lowest BCUT2D eigenvalue weighted by Gasteiger charge is -2.12. The Morgan fingerprint density at radius 1 is 1.32 bits per heavy atom. The molecule has 0 aliphatic rings. The fourth-order valence-electron chi connectivity index (χ4n) is 1.69. The Bertz CT molecular complexity index is 408. The van der Waals surface area contributed by atoms with Crippen molar-refractivity contribution in [2.75, 3.05) is 27.8 Å². The number of amides is 1. The van der Waals surface area contributed by atoms with Gasteiger partial charge in [0.1, 0.15) is 11.5 Å². The van der Waals surface area contributed by atoms with Crippen LogP contribution in [-0.4, -0.2) is 33.7 Å². The lowest BCUT2D eigenvalue weighted by Crippen LogP contribution is -2.18. The average Bonchev–Trinajstić information content (AvgIpc) is 2.44. The molecule has 0 atom stereocenters. The van der Waals surface area contributed by atoms with Gasteiger partial charge in [-0.25, -0.2) is 0 Å². The van der Waals surface area contributed by atoms with E-state index in [1.54, 1.807) is 14.2 Å². The second-order valence-corrected chi connectivity index (χ2v) is 4.13. The Balaban J connectivity index is 2.54. The van der Waals surface area contributed by atoms with E-state index in [4.69, 9.17) is 9.47 Å². The normalized spacial score (nSPS) is 10.1. The van der Waals surface area contributed by atoms with Crippen molar-refractivity contribution >= 4 is 5.91 Å². The molecular weight excluding hydrogens is 244 g/mol. The van der Waals surface area contributed by atoms with E-state index >= 15 is 0 Å². The zero-order chi connectivity index (χ0) is 14.1. The Kier molecular flexibility index (Phi) is 6.74. The molecule has 0 bridgehead atoms. The van der Waals surface area contributed by atoms with Crippen molar-refractivity contribution in [3.8, 4) is 11.5 Å². The van der Waals surface area contributed by atoms with Crippen LogP contribution in [0.15, 0.2) is 18.2 Å². The molecule has 0 fully saturated rings. The molecule has 0 aliphatic carbocycles. The van der Waals surface area contributed by atoms with E-state index < -0.39 is 0 Å². The number of rotatable bonds is 8. The molecule has 0 aliphatic heterocycles. The van der Waals surface area contributed by atoms with Gasteiger partial charge in [-0.05, 0) is 31.7 Å². The van der Waals surface area contributed by atoms with Crippen LogP contribution in [0.25, 0.3) is 0 Å². The van der Waals surface area contributed by atoms with Crippen molar-refractivity contribution in [3.63, 3.8) is 0 Å². The highest BCUT2D eigenvalue weighted by Gasteiger charge is 2.05. The van der Waals surface area contributed by atoms with Crippen LogP contribution in [0.1, 0.15) is 18.4 Å². The molecule has 5 nitrogen and oxygen atoms in total. The summed E-state index contributed by atoms with van der Waals surface area (Å²) in [7, 11) is 5.16. The third kappa shape index (κ3) is 5.18. The quantitative estimate of drug-likeness (QED) is 0.697. The van der Waals surface area contributed by atoms with Gasteiger partial charge in [0.2, 0.25) is 5.91 Å². The standard InChI is InChI=1S/C14H22N2O3/c1-15-10-11-9-12(18-3)6-7-13(11)19-8-4-5-14(17)16-2/h6-7,9,15H,4-5,8,10H2,1-3H3,(H,16,17). The molecule has 2 N–H and O–H groups in total. The topological polar surface area (TPSA) is 59.6 Å². The number of carbonyl (C=O) groups is 1. The van der Waals surface area contributed by atoms with Crippen LogP contribution in [0.3, 0.4) is 0 Å². The van der Waals surface area contributed by atoms with Crippen LogP contribution in [0.4, 0.5) is 0 Å². The van der Waals surface area contributed by atoms with Gasteiger partial charge >= 0.3 is 0 Å². The highest BCUT2D eigenvalue weighted by molar-refractivity contribution is 5.75. The van der Waals surface area contributed by atoms with E-state index in [1.165, 1.54) is 0 Å². The third-order valence-corrected chi connectivity index (χ3v) is 2.72. The summed E-state index contributed by atoms with van der Waals surface area (Å²) in [4.78, 5) is 11.1. The molecular formula is C14H22N2O3. The van der Waals surface area contributed by atoms with Crippen LogP contribution in [0.5, 0.6) is 11.5 Å². The molecule has 0 aromatic heterocycles. The highest BCUT2D eigenvalue weighted by Crippen LogP contribution is 2.24. The minimum atomic E-state index is 0.0359. The van der Waals surface area contributed by atoms with E-state index in [2.05, 4.69) is 10.6 Å². The first kappa shape index (κ1) is 15.3. The molecule has 106 valence electrons. The maximum atomic E-state index is 11.1. The summed E-state index contributed by atoms with van der Waals surface area (Å²) in [5, 5.41) is 5.68. The van der Waals surface area contributed by atoms with Crippen LogP contribution in [0.2, 0.25) is 0 Å². The van der Waals surface area contributed by atoms with E-state index in [1.807, 2.05) is 25.2 Å². The fourth-order valence-corrected chi connectivity index (χ4v) is 1.69. The Morgan fingerprint density at radius 3 is 2.74 bits per heavy atom. The largest absolute Gasteiger partial charge is 0.497 e. The summed E-state index contributed by atoms with van der Waals surface area (Å²) in [6.07, 6.45) is 1.18. The molecule has 0 saturated heterocycles. The smallest absolute Gasteiger partial charge is 0.219 e. The van der Waals surface area contributed by atoms with Crippen molar-refractivity contribution in [2.24, 2.45) is 0 Å². The molecule has 0 spiro atoms. The Hall–Kier alpha value is -1.75. The first-order valence-corrected chi connectivity index (χ1v) is 6.36. The van der Waals surface area contributed by atoms with Gasteiger partial charge in [-0.3, -0.25) is 4.79 Å². The monoisotopic (exact) mass is 266 g/mol. The zero-order valence-electron chi connectivity index (χ0n) is 11.8. The maximum Gasteiger partial charge on any atom is 0.219 e. The summed E-state index contributed by atoms with van der Waals surface area (Å²) in [6.45, 7) is 1.23. The van der Waals surface area contributed by atoms with Gasteiger partial charge in [0.15, 0.2) is 0 Å². The zero-order valence-corrected chi connectivity index (χ0v) is 11.8. The lowest BCUT2D eigenvalue weighted by molar-refractivity contribution is -0.120. The van der Waals surface area contributed by atoms with Crippen LogP contribution in [-0.2, 0) is 11.3 Å². The first-order valence-electron chi connectivity index (χ1n) is 6.36. The van der Waals surface area contributed by atoms with Crippen LogP contribution in [0, 0.1) is 0 Å². The van der Waals surface area contributed by atoms with Crippen molar-refractivity contribution in [3.05, 3.63) is 23.8 Å². The molecule has 5 heteroatoms. The second kappa shape index (κ2) is 8.37. The summed E-state index contributed by atoms with van der Waals surface area (Å²) in [5.41, 5.74) is 1.04. The fraction of sp³-hybridized carbons (Fsp3) is 0.500. The molecule has 1 aromatic rings. The van der Waals surface area contributed by atoms with Gasteiger partial charge in [0.25, 0.3) is 0 Å². The van der Waals surface area contributed by atoms with Gasteiger partial charge in [0, 0.05) is 25.6 Å². The minimum absolute atomic E-state index is 0.0359. The van der Waals surface area contributed by atoms with E-state index in [0.717, 1.165) is 17.1 Å². The van der Waals surface area contributed by atoms with Gasteiger partial charge in [-0.2, -0.15) is 0 Å². The molecule has 0 radical (unpaired) electrons. The molecule has 1 amide bonds. The number of hydrogen-bond acceptors (Lipinski definition) is 4. The molecule has 0 heterocycles. The number of ether oxygens (including phenoxy) is 2. The van der Waals surface area contributed by atoms with Gasteiger partial charge < -0.3 is 20.1 Å². The minimum Gasteiger partial charge on any atom is -0.497 e.